The van der Waals surface area contributed by atoms with Crippen LogP contribution in [0, 0.1) is 11.7 Å². The lowest BCUT2D eigenvalue weighted by Gasteiger charge is -2.30. The first kappa shape index (κ1) is 23.0. The molecule has 2 amide bonds. The molecule has 190 valence electrons. The number of rotatable bonds is 4. The highest BCUT2D eigenvalue weighted by atomic mass is 19.1. The second-order valence-electron chi connectivity index (χ2n) is 10.6. The summed E-state index contributed by atoms with van der Waals surface area (Å²) in [5, 5.41) is 2.73. The number of nitrogens with one attached hydrogen (secondary N) is 1. The largest absolute Gasteiger partial charge is 0.493 e. The van der Waals surface area contributed by atoms with E-state index >= 15 is 0 Å². The van der Waals surface area contributed by atoms with E-state index in [4.69, 9.17) is 4.74 Å². The number of ether oxygens (including phenoxy) is 1. The smallest absolute Gasteiger partial charge is 0.255 e. The molecule has 4 aliphatic rings. The Bertz CT molecular complexity index is 1530. The average molecular weight is 507 g/mol. The molecule has 0 bridgehead atoms. The zero-order chi connectivity index (χ0) is 25.9. The van der Waals surface area contributed by atoms with E-state index in [0.29, 0.717) is 24.4 Å². The molecule has 0 aromatic heterocycles. The quantitative estimate of drug-likeness (QED) is 0.519. The summed E-state index contributed by atoms with van der Waals surface area (Å²) in [4.78, 5) is 29.0. The van der Waals surface area contributed by atoms with Crippen LogP contribution in [0.15, 0.2) is 85.0 Å². The number of carbonyl (C=O) groups excluding carboxylic acids is 2. The van der Waals surface area contributed by atoms with Gasteiger partial charge in [0.1, 0.15) is 11.6 Å². The van der Waals surface area contributed by atoms with Crippen LogP contribution in [0.5, 0.6) is 5.75 Å². The van der Waals surface area contributed by atoms with Gasteiger partial charge in [0, 0.05) is 30.1 Å². The summed E-state index contributed by atoms with van der Waals surface area (Å²) in [5.74, 6) is 0.518. The summed E-state index contributed by atoms with van der Waals surface area (Å²) >= 11 is 0. The first-order chi connectivity index (χ1) is 18.5. The molecular weight excluding hydrogens is 479 g/mol. The van der Waals surface area contributed by atoms with E-state index in [2.05, 4.69) is 35.7 Å². The Morgan fingerprint density at radius 1 is 1.03 bits per heavy atom. The van der Waals surface area contributed by atoms with Crippen molar-refractivity contribution in [3.05, 3.63) is 119 Å². The maximum Gasteiger partial charge on any atom is 0.255 e. The number of hydrogen-bond acceptors (Lipinski definition) is 3. The van der Waals surface area contributed by atoms with Gasteiger partial charge in [0.25, 0.3) is 5.91 Å². The molecule has 0 radical (unpaired) electrons. The number of benzene rings is 3. The van der Waals surface area contributed by atoms with Crippen molar-refractivity contribution < 1.29 is 18.7 Å². The first-order valence-electron chi connectivity index (χ1n) is 13.1. The second kappa shape index (κ2) is 8.69. The van der Waals surface area contributed by atoms with Gasteiger partial charge in [-0.15, -0.1) is 0 Å². The molecule has 38 heavy (non-hydrogen) atoms. The third-order valence-electron chi connectivity index (χ3n) is 8.51. The lowest BCUT2D eigenvalue weighted by molar-refractivity contribution is -0.133. The molecule has 2 aliphatic heterocycles. The Hall–Kier alpha value is -4.19. The van der Waals surface area contributed by atoms with Gasteiger partial charge in [-0.3, -0.25) is 9.59 Å². The molecule has 3 aromatic rings. The number of nitrogens with zero attached hydrogens (tertiary/aromatic N) is 1. The van der Waals surface area contributed by atoms with Crippen molar-refractivity contribution in [2.24, 2.45) is 5.92 Å². The number of fused-ring (bicyclic) bond motifs is 5. The third kappa shape index (κ3) is 3.51. The minimum atomic E-state index is -0.552. The Morgan fingerprint density at radius 3 is 2.71 bits per heavy atom. The Morgan fingerprint density at radius 2 is 1.87 bits per heavy atom. The van der Waals surface area contributed by atoms with E-state index in [1.807, 2.05) is 23.1 Å². The van der Waals surface area contributed by atoms with Crippen LogP contribution < -0.4 is 10.1 Å². The predicted molar refractivity (Wildman–Crippen MR) is 143 cm³/mol. The van der Waals surface area contributed by atoms with Crippen LogP contribution in [0.3, 0.4) is 0 Å². The topological polar surface area (TPSA) is 58.6 Å². The predicted octanol–water partition coefficient (Wildman–Crippen LogP) is 5.35. The number of hydrogen-bond donors (Lipinski definition) is 1. The monoisotopic (exact) mass is 506 g/mol. The van der Waals surface area contributed by atoms with Gasteiger partial charge in [-0.2, -0.15) is 0 Å². The van der Waals surface area contributed by atoms with E-state index in [0.717, 1.165) is 30.6 Å². The van der Waals surface area contributed by atoms with Gasteiger partial charge in [-0.1, -0.05) is 48.6 Å². The Labute approximate surface area is 220 Å². The molecule has 1 fully saturated rings. The fourth-order valence-corrected chi connectivity index (χ4v) is 6.71. The minimum absolute atomic E-state index is 0.0149. The Balaban J connectivity index is 1.15. The molecular formula is C32H27FN2O3. The van der Waals surface area contributed by atoms with Crippen LogP contribution in [0.2, 0.25) is 0 Å². The van der Waals surface area contributed by atoms with E-state index in [1.54, 1.807) is 24.3 Å². The third-order valence-corrected chi connectivity index (χ3v) is 8.51. The molecule has 2 aliphatic carbocycles. The van der Waals surface area contributed by atoms with Crippen molar-refractivity contribution in [3.63, 3.8) is 0 Å². The molecule has 1 N–H and O–H groups in total. The van der Waals surface area contributed by atoms with Crippen LogP contribution in [-0.2, 0) is 29.6 Å². The lowest BCUT2D eigenvalue weighted by atomic mass is 9.69. The van der Waals surface area contributed by atoms with Gasteiger partial charge in [0.15, 0.2) is 0 Å². The highest BCUT2D eigenvalue weighted by Gasteiger charge is 2.60. The van der Waals surface area contributed by atoms with Gasteiger partial charge in [0.05, 0.1) is 18.1 Å². The summed E-state index contributed by atoms with van der Waals surface area (Å²) in [6, 6.07) is 17.5. The van der Waals surface area contributed by atoms with Gasteiger partial charge in [-0.25, -0.2) is 4.39 Å². The number of amides is 2. The summed E-state index contributed by atoms with van der Waals surface area (Å²) in [7, 11) is 0. The zero-order valence-electron chi connectivity index (χ0n) is 20.8. The normalized spacial score (nSPS) is 24.3. The van der Waals surface area contributed by atoms with Crippen molar-refractivity contribution in [1.29, 1.82) is 0 Å². The highest BCUT2D eigenvalue weighted by molar-refractivity contribution is 6.04. The van der Waals surface area contributed by atoms with Crippen LogP contribution in [0.25, 0.3) is 0 Å². The van der Waals surface area contributed by atoms with E-state index in [1.165, 1.54) is 28.8 Å². The molecule has 2 heterocycles. The fourth-order valence-electron chi connectivity index (χ4n) is 6.71. The maximum atomic E-state index is 14.3. The summed E-state index contributed by atoms with van der Waals surface area (Å²) in [6.45, 7) is 1.17. The van der Waals surface area contributed by atoms with Crippen molar-refractivity contribution in [3.8, 4) is 5.75 Å². The van der Waals surface area contributed by atoms with Crippen molar-refractivity contribution >= 4 is 17.5 Å². The van der Waals surface area contributed by atoms with E-state index in [-0.39, 0.29) is 23.8 Å². The van der Waals surface area contributed by atoms with E-state index < -0.39 is 11.2 Å². The Kier molecular flexibility index (Phi) is 5.25. The van der Waals surface area contributed by atoms with Crippen LogP contribution >= 0.6 is 0 Å². The molecule has 3 aromatic carbocycles. The molecule has 3 atom stereocenters. The van der Waals surface area contributed by atoms with Crippen molar-refractivity contribution in [1.82, 2.24) is 4.90 Å². The molecule has 6 heteroatoms. The lowest BCUT2D eigenvalue weighted by Crippen LogP contribution is -2.38. The number of allylic oxidation sites excluding steroid dienone is 2. The van der Waals surface area contributed by atoms with Crippen LogP contribution in [-0.4, -0.2) is 29.4 Å². The summed E-state index contributed by atoms with van der Waals surface area (Å²) in [6.07, 6.45) is 11.0. The van der Waals surface area contributed by atoms with Gasteiger partial charge >= 0.3 is 0 Å². The van der Waals surface area contributed by atoms with Gasteiger partial charge in [-0.05, 0) is 71.5 Å². The number of anilines is 1. The number of likely N-dealkylation sites (tertiary alicyclic amines) is 1. The standard InChI is InChI=1S/C32H27FN2O3/c33-24-4-3-5-25(18-24)34-30(36)21-10-8-20(9-11-21)19-35-28-7-2-1-6-26(28)32(31(35)37)14-12-22-17-29-23(13-15-38-29)16-27(22)32/h1-11,16-18,26,28H,12-15,19H2,(H,34,36). The van der Waals surface area contributed by atoms with Crippen LogP contribution in [0.1, 0.15) is 39.0 Å². The first-order valence-corrected chi connectivity index (χ1v) is 13.1. The molecule has 7 rings (SSSR count). The molecule has 3 unspecified atom stereocenters. The second-order valence-corrected chi connectivity index (χ2v) is 10.6. The van der Waals surface area contributed by atoms with Gasteiger partial charge in [0.2, 0.25) is 5.91 Å². The average Bonchev–Trinajstić information content (AvgIpc) is 3.60. The van der Waals surface area contributed by atoms with Crippen molar-refractivity contribution in [2.75, 3.05) is 11.9 Å². The number of halogens is 1. The molecule has 1 saturated heterocycles. The minimum Gasteiger partial charge on any atom is -0.493 e. The van der Waals surface area contributed by atoms with Gasteiger partial charge < -0.3 is 15.0 Å². The van der Waals surface area contributed by atoms with Crippen molar-refractivity contribution in [2.45, 2.75) is 37.3 Å². The number of aryl methyl sites for hydroxylation is 1. The molecule has 5 nitrogen and oxygen atoms in total. The number of carbonyl (C=O) groups is 2. The SMILES string of the molecule is O=C(Nc1cccc(F)c1)c1ccc(CN2C(=O)C3(CCc4cc5c(cc43)CCO5)C3C=CC=CC32)cc1. The fraction of sp³-hybridized carbons (Fsp3) is 0.250. The summed E-state index contributed by atoms with van der Waals surface area (Å²) < 4.78 is 19.3. The molecule has 0 saturated carbocycles. The van der Waals surface area contributed by atoms with E-state index in [9.17, 15) is 14.0 Å². The molecule has 1 spiro atoms. The highest BCUT2D eigenvalue weighted by Crippen LogP contribution is 2.55. The summed E-state index contributed by atoms with van der Waals surface area (Å²) in [5.41, 5.74) is 4.90. The van der Waals surface area contributed by atoms with Crippen LogP contribution in [0.4, 0.5) is 10.1 Å². The zero-order valence-corrected chi connectivity index (χ0v) is 20.8. The maximum absolute atomic E-state index is 14.3.